The summed E-state index contributed by atoms with van der Waals surface area (Å²) < 4.78 is 13.5. The van der Waals surface area contributed by atoms with Crippen LogP contribution in [-0.4, -0.2) is 40.4 Å². The molecule has 0 aliphatic rings. The van der Waals surface area contributed by atoms with Crippen molar-refractivity contribution in [2.75, 3.05) is 40.4 Å². The molecule has 0 spiro atoms. The van der Waals surface area contributed by atoms with Gasteiger partial charge >= 0.3 is 0 Å². The minimum atomic E-state index is 0.0427. The molecule has 0 aliphatic carbocycles. The molecule has 5 nitrogen and oxygen atoms in total. The molecule has 0 amide bonds. The largest absolute Gasteiger partial charge is 0.494 e. The van der Waals surface area contributed by atoms with E-state index in [1.54, 1.807) is 11.3 Å². The predicted octanol–water partition coefficient (Wildman–Crippen LogP) is 3.39. The Morgan fingerprint density at radius 2 is 1.44 bits per heavy atom. The molecule has 0 atom stereocenters. The quantitative estimate of drug-likeness (QED) is 0.413. The van der Waals surface area contributed by atoms with Gasteiger partial charge in [-0.25, -0.2) is 0 Å². The van der Waals surface area contributed by atoms with Gasteiger partial charge in [0.1, 0.15) is 11.5 Å². The smallest absolute Gasteiger partial charge is 0.196 e. The number of nitrogens with one attached hydrogen (secondary N) is 2. The second-order valence-corrected chi connectivity index (χ2v) is 7.44. The third-order valence-electron chi connectivity index (χ3n) is 4.29. The second-order valence-electron chi connectivity index (χ2n) is 6.36. The van der Waals surface area contributed by atoms with Crippen LogP contribution in [0, 0.1) is 0 Å². The normalized spacial score (nSPS) is 11.2. The summed E-state index contributed by atoms with van der Waals surface area (Å²) in [4.78, 5) is 12.9. The maximum Gasteiger partial charge on any atom is 0.196 e. The molecule has 0 radical (unpaired) electrons. The van der Waals surface area contributed by atoms with Crippen molar-refractivity contribution in [2.45, 2.75) is 12.8 Å². The fourth-order valence-corrected chi connectivity index (χ4v) is 3.95. The molecule has 1 aromatic heterocycles. The first-order valence-corrected chi connectivity index (χ1v) is 10.1. The van der Waals surface area contributed by atoms with Gasteiger partial charge in [0.2, 0.25) is 0 Å². The molecule has 0 unspecified atom stereocenters. The van der Waals surface area contributed by atoms with E-state index in [0.717, 1.165) is 52.2 Å². The first-order valence-electron chi connectivity index (χ1n) is 9.28. The van der Waals surface area contributed by atoms with Gasteiger partial charge in [0, 0.05) is 20.2 Å². The topological polar surface area (TPSA) is 59.6 Å². The van der Waals surface area contributed by atoms with Gasteiger partial charge < -0.3 is 20.1 Å². The van der Waals surface area contributed by atoms with E-state index in [4.69, 9.17) is 9.47 Å². The second kappa shape index (κ2) is 9.69. The fourth-order valence-electron chi connectivity index (χ4n) is 2.87. The maximum absolute atomic E-state index is 12.9. The molecule has 2 N–H and O–H groups in total. The number of hydrogen-bond donors (Lipinski definition) is 2. The Kier molecular flexibility index (Phi) is 7.04. The Bertz CT molecular complexity index is 955. The summed E-state index contributed by atoms with van der Waals surface area (Å²) in [6, 6.07) is 11.5. The van der Waals surface area contributed by atoms with Crippen molar-refractivity contribution in [2.24, 2.45) is 0 Å². The highest BCUT2D eigenvalue weighted by atomic mass is 32.1. The number of hydrogen-bond acceptors (Lipinski definition) is 6. The molecule has 2 aromatic carbocycles. The van der Waals surface area contributed by atoms with E-state index in [1.165, 1.54) is 0 Å². The van der Waals surface area contributed by atoms with Crippen LogP contribution in [-0.2, 0) is 0 Å². The summed E-state index contributed by atoms with van der Waals surface area (Å²) >= 11 is 1.61. The highest BCUT2D eigenvalue weighted by Gasteiger charge is 2.09. The Balaban J connectivity index is 1.83. The van der Waals surface area contributed by atoms with Crippen molar-refractivity contribution >= 4 is 31.5 Å². The van der Waals surface area contributed by atoms with E-state index in [9.17, 15) is 4.79 Å². The Hall–Kier alpha value is -2.15. The van der Waals surface area contributed by atoms with Crippen LogP contribution in [0.5, 0.6) is 11.5 Å². The van der Waals surface area contributed by atoms with Gasteiger partial charge in [-0.2, -0.15) is 0 Å². The van der Waals surface area contributed by atoms with E-state index in [1.807, 2.05) is 50.5 Å². The zero-order chi connectivity index (χ0) is 19.1. The molecule has 144 valence electrons. The van der Waals surface area contributed by atoms with Crippen LogP contribution < -0.4 is 25.5 Å². The van der Waals surface area contributed by atoms with Gasteiger partial charge in [0.25, 0.3) is 0 Å². The highest BCUT2D eigenvalue weighted by Crippen LogP contribution is 2.29. The van der Waals surface area contributed by atoms with Crippen LogP contribution in [0.25, 0.3) is 20.2 Å². The van der Waals surface area contributed by atoms with Crippen LogP contribution in [0.3, 0.4) is 0 Å². The molecule has 0 saturated heterocycles. The number of ether oxygens (including phenoxy) is 2. The average Bonchev–Trinajstić information content (AvgIpc) is 2.69. The van der Waals surface area contributed by atoms with Crippen molar-refractivity contribution in [3.05, 3.63) is 46.6 Å². The van der Waals surface area contributed by atoms with Crippen LogP contribution in [0.15, 0.2) is 41.2 Å². The van der Waals surface area contributed by atoms with Crippen LogP contribution in [0.4, 0.5) is 0 Å². The Morgan fingerprint density at radius 3 is 2.11 bits per heavy atom. The number of fused-ring (bicyclic) bond motifs is 2. The van der Waals surface area contributed by atoms with E-state index in [0.29, 0.717) is 18.6 Å². The summed E-state index contributed by atoms with van der Waals surface area (Å²) in [5.41, 5.74) is 0.0427. The summed E-state index contributed by atoms with van der Waals surface area (Å²) in [5, 5.41) is 7.63. The molecular weight excluding hydrogens is 360 g/mol. The zero-order valence-corrected chi connectivity index (χ0v) is 16.7. The lowest BCUT2D eigenvalue weighted by molar-refractivity contribution is 0.310. The van der Waals surface area contributed by atoms with E-state index < -0.39 is 0 Å². The van der Waals surface area contributed by atoms with Crippen LogP contribution in [0.2, 0.25) is 0 Å². The molecule has 0 saturated carbocycles. The predicted molar refractivity (Wildman–Crippen MR) is 114 cm³/mol. The number of rotatable bonds is 10. The lowest BCUT2D eigenvalue weighted by Gasteiger charge is -2.09. The third-order valence-corrected chi connectivity index (χ3v) is 5.43. The zero-order valence-electron chi connectivity index (χ0n) is 15.8. The SMILES string of the molecule is CNCCCOc1ccc2c(=O)c3cc(OCCCNC)ccc3sc2c1. The average molecular weight is 387 g/mol. The highest BCUT2D eigenvalue weighted by molar-refractivity contribution is 7.24. The fraction of sp³-hybridized carbons (Fsp3) is 0.381. The Labute approximate surface area is 163 Å². The van der Waals surface area contributed by atoms with E-state index in [-0.39, 0.29) is 5.43 Å². The lowest BCUT2D eigenvalue weighted by atomic mass is 10.1. The van der Waals surface area contributed by atoms with Crippen molar-refractivity contribution in [1.82, 2.24) is 10.6 Å². The molecule has 0 bridgehead atoms. The molecule has 1 heterocycles. The van der Waals surface area contributed by atoms with Crippen molar-refractivity contribution in [3.63, 3.8) is 0 Å². The standard InChI is InChI=1S/C21H26N2O3S/c1-22-9-3-11-25-15-6-8-19-18(13-15)21(24)17-7-5-16(14-20(17)27-19)26-12-4-10-23-2/h5-8,13-14,22-23H,3-4,9-12H2,1-2H3. The third kappa shape index (κ3) is 4.97. The van der Waals surface area contributed by atoms with Gasteiger partial charge in [-0.1, -0.05) is 0 Å². The van der Waals surface area contributed by atoms with Gasteiger partial charge in [-0.15, -0.1) is 11.3 Å². The van der Waals surface area contributed by atoms with Crippen molar-refractivity contribution in [1.29, 1.82) is 0 Å². The minimum absolute atomic E-state index is 0.0427. The Morgan fingerprint density at radius 1 is 0.815 bits per heavy atom. The van der Waals surface area contributed by atoms with Crippen LogP contribution in [0.1, 0.15) is 12.8 Å². The summed E-state index contributed by atoms with van der Waals surface area (Å²) in [5.74, 6) is 1.55. The minimum Gasteiger partial charge on any atom is -0.494 e. The van der Waals surface area contributed by atoms with Crippen LogP contribution >= 0.6 is 11.3 Å². The summed E-state index contributed by atoms with van der Waals surface area (Å²) in [7, 11) is 3.85. The molecular formula is C21H26N2O3S. The van der Waals surface area contributed by atoms with E-state index >= 15 is 0 Å². The monoisotopic (exact) mass is 386 g/mol. The van der Waals surface area contributed by atoms with Gasteiger partial charge in [0.15, 0.2) is 5.43 Å². The molecule has 6 heteroatoms. The number of benzene rings is 2. The molecule has 3 aromatic rings. The van der Waals surface area contributed by atoms with Gasteiger partial charge in [-0.05, 0) is 76.4 Å². The molecule has 0 fully saturated rings. The van der Waals surface area contributed by atoms with Gasteiger partial charge in [-0.3, -0.25) is 4.79 Å². The van der Waals surface area contributed by atoms with E-state index in [2.05, 4.69) is 10.6 Å². The molecule has 3 rings (SSSR count). The summed E-state index contributed by atoms with van der Waals surface area (Å²) in [6.07, 6.45) is 1.87. The van der Waals surface area contributed by atoms with Gasteiger partial charge in [0.05, 0.1) is 13.2 Å². The van der Waals surface area contributed by atoms with Crippen molar-refractivity contribution in [3.8, 4) is 11.5 Å². The maximum atomic E-state index is 12.9. The first-order chi connectivity index (χ1) is 13.2. The lowest BCUT2D eigenvalue weighted by Crippen LogP contribution is -2.11. The van der Waals surface area contributed by atoms with Crippen molar-refractivity contribution < 1.29 is 9.47 Å². The summed E-state index contributed by atoms with van der Waals surface area (Å²) in [6.45, 7) is 3.12. The molecule has 0 aliphatic heterocycles. The first kappa shape index (κ1) is 19.6. The molecule has 27 heavy (non-hydrogen) atoms.